The van der Waals surface area contributed by atoms with Crippen LogP contribution < -0.4 is 10.2 Å². The van der Waals surface area contributed by atoms with E-state index in [4.69, 9.17) is 0 Å². The first kappa shape index (κ1) is 15.3. The van der Waals surface area contributed by atoms with E-state index in [1.165, 1.54) is 0 Å². The first-order valence-electron chi connectivity index (χ1n) is 7.52. The lowest BCUT2D eigenvalue weighted by atomic mass is 10.1. The topological polar surface area (TPSA) is 18.5 Å². The molecular weight excluding hydrogens is 253 g/mol. The molecule has 0 aromatic heterocycles. The molecule has 2 rings (SSSR count). The van der Waals surface area contributed by atoms with Crippen LogP contribution in [0, 0.1) is 5.82 Å². The van der Waals surface area contributed by atoms with E-state index < -0.39 is 0 Å². The molecule has 0 spiro atoms. The molecule has 0 amide bonds. The van der Waals surface area contributed by atoms with Crippen molar-refractivity contribution in [3.8, 4) is 0 Å². The summed E-state index contributed by atoms with van der Waals surface area (Å²) in [6.45, 7) is 8.85. The SMILES string of the molecule is CC(C)NCc1cccc(F)c1N1CCCN(C)CC1. The van der Waals surface area contributed by atoms with Crippen molar-refractivity contribution in [1.82, 2.24) is 10.2 Å². The van der Waals surface area contributed by atoms with Gasteiger partial charge in [0.05, 0.1) is 5.69 Å². The number of likely N-dealkylation sites (N-methyl/N-ethyl adjacent to an activating group) is 1. The summed E-state index contributed by atoms with van der Waals surface area (Å²) in [7, 11) is 2.13. The Morgan fingerprint density at radius 2 is 2.00 bits per heavy atom. The predicted molar refractivity (Wildman–Crippen MR) is 82.7 cm³/mol. The van der Waals surface area contributed by atoms with E-state index in [0.29, 0.717) is 6.04 Å². The monoisotopic (exact) mass is 279 g/mol. The zero-order valence-electron chi connectivity index (χ0n) is 12.8. The van der Waals surface area contributed by atoms with Crippen LogP contribution in [0.4, 0.5) is 10.1 Å². The number of anilines is 1. The summed E-state index contributed by atoms with van der Waals surface area (Å²) in [4.78, 5) is 4.52. The minimum absolute atomic E-state index is 0.0994. The lowest BCUT2D eigenvalue weighted by Gasteiger charge is -2.26. The molecule has 0 saturated carbocycles. The van der Waals surface area contributed by atoms with Gasteiger partial charge in [-0.15, -0.1) is 0 Å². The van der Waals surface area contributed by atoms with Gasteiger partial charge in [0.25, 0.3) is 0 Å². The molecule has 0 aliphatic carbocycles. The van der Waals surface area contributed by atoms with Gasteiger partial charge in [-0.3, -0.25) is 0 Å². The molecule has 1 aromatic carbocycles. The highest BCUT2D eigenvalue weighted by molar-refractivity contribution is 5.55. The Bertz CT molecular complexity index is 434. The molecule has 1 aromatic rings. The average Bonchev–Trinajstić information content (AvgIpc) is 2.61. The number of hydrogen-bond donors (Lipinski definition) is 1. The summed E-state index contributed by atoms with van der Waals surface area (Å²) in [5.74, 6) is -0.0994. The number of nitrogens with zero attached hydrogens (tertiary/aromatic N) is 2. The number of para-hydroxylation sites is 1. The van der Waals surface area contributed by atoms with Crippen LogP contribution >= 0.6 is 0 Å². The Balaban J connectivity index is 2.19. The highest BCUT2D eigenvalue weighted by Gasteiger charge is 2.18. The first-order chi connectivity index (χ1) is 9.58. The van der Waals surface area contributed by atoms with Gasteiger partial charge in [0.2, 0.25) is 0 Å². The van der Waals surface area contributed by atoms with Gasteiger partial charge in [-0.2, -0.15) is 0 Å². The van der Waals surface area contributed by atoms with Gasteiger partial charge in [-0.1, -0.05) is 26.0 Å². The zero-order chi connectivity index (χ0) is 14.5. The van der Waals surface area contributed by atoms with Crippen molar-refractivity contribution < 1.29 is 4.39 Å². The second-order valence-corrected chi connectivity index (χ2v) is 5.93. The van der Waals surface area contributed by atoms with E-state index in [9.17, 15) is 4.39 Å². The third-order valence-electron chi connectivity index (χ3n) is 3.81. The van der Waals surface area contributed by atoms with Gasteiger partial charge in [-0.25, -0.2) is 4.39 Å². The number of benzene rings is 1. The smallest absolute Gasteiger partial charge is 0.146 e. The van der Waals surface area contributed by atoms with E-state index in [2.05, 4.69) is 36.0 Å². The Morgan fingerprint density at radius 3 is 2.75 bits per heavy atom. The third-order valence-corrected chi connectivity index (χ3v) is 3.81. The van der Waals surface area contributed by atoms with Crippen molar-refractivity contribution in [2.45, 2.75) is 32.9 Å². The highest BCUT2D eigenvalue weighted by atomic mass is 19.1. The molecule has 1 saturated heterocycles. The van der Waals surface area contributed by atoms with Crippen LogP contribution in [0.5, 0.6) is 0 Å². The molecule has 0 unspecified atom stereocenters. The quantitative estimate of drug-likeness (QED) is 0.913. The molecule has 1 N–H and O–H groups in total. The Morgan fingerprint density at radius 1 is 1.20 bits per heavy atom. The van der Waals surface area contributed by atoms with Crippen molar-refractivity contribution in [1.29, 1.82) is 0 Å². The van der Waals surface area contributed by atoms with Gasteiger partial charge < -0.3 is 15.1 Å². The summed E-state index contributed by atoms with van der Waals surface area (Å²) in [5.41, 5.74) is 1.85. The standard InChI is InChI=1S/C16H26FN3/c1-13(2)18-12-14-6-4-7-15(17)16(14)20-9-5-8-19(3)10-11-20/h4,6-7,13,18H,5,8-12H2,1-3H3. The first-order valence-corrected chi connectivity index (χ1v) is 7.52. The maximum Gasteiger partial charge on any atom is 0.146 e. The van der Waals surface area contributed by atoms with Crippen LogP contribution in [0.15, 0.2) is 18.2 Å². The summed E-state index contributed by atoms with van der Waals surface area (Å²) < 4.78 is 14.3. The summed E-state index contributed by atoms with van der Waals surface area (Å²) in [6, 6.07) is 5.81. The molecule has 0 atom stereocenters. The maximum absolute atomic E-state index is 14.3. The molecule has 1 fully saturated rings. The van der Waals surface area contributed by atoms with Crippen molar-refractivity contribution in [3.05, 3.63) is 29.6 Å². The lowest BCUT2D eigenvalue weighted by Crippen LogP contribution is -2.31. The molecule has 1 heterocycles. The van der Waals surface area contributed by atoms with Gasteiger partial charge >= 0.3 is 0 Å². The normalized spacial score (nSPS) is 17.6. The Kier molecular flexibility index (Phi) is 5.38. The number of nitrogens with one attached hydrogen (secondary N) is 1. The number of hydrogen-bond acceptors (Lipinski definition) is 3. The van der Waals surface area contributed by atoms with Crippen molar-refractivity contribution in [2.24, 2.45) is 0 Å². The number of halogens is 1. The van der Waals surface area contributed by atoms with E-state index in [1.807, 2.05) is 6.07 Å². The van der Waals surface area contributed by atoms with Crippen LogP contribution in [0.1, 0.15) is 25.8 Å². The molecule has 4 heteroatoms. The van der Waals surface area contributed by atoms with Crippen LogP contribution in [0.2, 0.25) is 0 Å². The second-order valence-electron chi connectivity index (χ2n) is 5.93. The summed E-state index contributed by atoms with van der Waals surface area (Å²) >= 11 is 0. The molecular formula is C16H26FN3. The summed E-state index contributed by atoms with van der Waals surface area (Å²) in [6.07, 6.45) is 1.09. The third kappa shape index (κ3) is 3.93. The van der Waals surface area contributed by atoms with E-state index in [0.717, 1.165) is 50.4 Å². The average molecular weight is 279 g/mol. The Hall–Kier alpha value is -1.13. The van der Waals surface area contributed by atoms with Crippen molar-refractivity contribution in [2.75, 3.05) is 38.1 Å². The molecule has 3 nitrogen and oxygen atoms in total. The molecule has 0 radical (unpaired) electrons. The largest absolute Gasteiger partial charge is 0.368 e. The second kappa shape index (κ2) is 7.04. The molecule has 1 aliphatic heterocycles. The van der Waals surface area contributed by atoms with Gasteiger partial charge in [-0.05, 0) is 31.6 Å². The van der Waals surface area contributed by atoms with E-state index in [-0.39, 0.29) is 5.82 Å². The van der Waals surface area contributed by atoms with Crippen LogP contribution in [-0.4, -0.2) is 44.2 Å². The molecule has 0 bridgehead atoms. The predicted octanol–water partition coefficient (Wildman–Crippen LogP) is 2.47. The van der Waals surface area contributed by atoms with Crippen LogP contribution in [-0.2, 0) is 6.54 Å². The van der Waals surface area contributed by atoms with E-state index in [1.54, 1.807) is 12.1 Å². The van der Waals surface area contributed by atoms with Crippen molar-refractivity contribution in [3.63, 3.8) is 0 Å². The fourth-order valence-electron chi connectivity index (χ4n) is 2.64. The Labute approximate surface area is 121 Å². The fourth-order valence-corrected chi connectivity index (χ4v) is 2.64. The van der Waals surface area contributed by atoms with E-state index >= 15 is 0 Å². The van der Waals surface area contributed by atoms with Gasteiger partial charge in [0.1, 0.15) is 5.82 Å². The maximum atomic E-state index is 14.3. The van der Waals surface area contributed by atoms with Gasteiger partial charge in [0.15, 0.2) is 0 Å². The lowest BCUT2D eigenvalue weighted by molar-refractivity contribution is 0.360. The van der Waals surface area contributed by atoms with Gasteiger partial charge in [0, 0.05) is 32.2 Å². The molecule has 20 heavy (non-hydrogen) atoms. The zero-order valence-corrected chi connectivity index (χ0v) is 12.8. The highest BCUT2D eigenvalue weighted by Crippen LogP contribution is 2.25. The molecule has 1 aliphatic rings. The summed E-state index contributed by atoms with van der Waals surface area (Å²) in [5, 5.41) is 3.39. The number of rotatable bonds is 4. The minimum atomic E-state index is -0.0994. The van der Waals surface area contributed by atoms with Crippen LogP contribution in [0.25, 0.3) is 0 Å². The molecule has 112 valence electrons. The van der Waals surface area contributed by atoms with Crippen molar-refractivity contribution >= 4 is 5.69 Å². The fraction of sp³-hybridized carbons (Fsp3) is 0.625. The minimum Gasteiger partial charge on any atom is -0.368 e. The van der Waals surface area contributed by atoms with Crippen LogP contribution in [0.3, 0.4) is 0 Å².